The molecule has 2 saturated heterocycles. The van der Waals surface area contributed by atoms with Gasteiger partial charge in [-0.2, -0.15) is 0 Å². The molecule has 0 atom stereocenters. The van der Waals surface area contributed by atoms with Gasteiger partial charge in [0.25, 0.3) is 12.3 Å². The Morgan fingerprint density at radius 3 is 2.31 bits per heavy atom. The van der Waals surface area contributed by atoms with Crippen LogP contribution in [-0.4, -0.2) is 44.4 Å². The molecule has 11 heteroatoms. The topological polar surface area (TPSA) is 98.2 Å². The molecule has 166 valence electrons. The average molecular weight is 489 g/mol. The summed E-state index contributed by atoms with van der Waals surface area (Å²) in [6.45, 7) is 5.63. The summed E-state index contributed by atoms with van der Waals surface area (Å²) in [5, 5.41) is 14.1. The number of carbonyl (C=O) groups is 2. The van der Waals surface area contributed by atoms with Crippen molar-refractivity contribution in [2.45, 2.75) is 70.5 Å². The molecule has 4 rings (SSSR count). The minimum absolute atomic E-state index is 0. The molecule has 0 unspecified atom stereocenters. The molecule has 2 aliphatic heterocycles. The fourth-order valence-electron chi connectivity index (χ4n) is 4.40. The first-order chi connectivity index (χ1) is 14.5. The molecule has 2 bridgehead atoms. The number of halogens is 2. The second-order valence-corrected chi connectivity index (χ2v) is 9.99. The first-order valence-corrected chi connectivity index (χ1v) is 11.0. The number of hydrogen-bond acceptors (Lipinski definition) is 7. The number of nitrogens with zero attached hydrogens (tertiary/aromatic N) is 3. The first kappa shape index (κ1) is 25.6. The van der Waals surface area contributed by atoms with Crippen molar-refractivity contribution in [1.29, 1.82) is 0 Å². The molecule has 2 aromatic heterocycles. The van der Waals surface area contributed by atoms with Crippen LogP contribution in [0.1, 0.15) is 78.7 Å². The molecule has 1 N–H and O–H groups in total. The Morgan fingerprint density at radius 1 is 1.22 bits per heavy atom. The molecule has 4 heterocycles. The summed E-state index contributed by atoms with van der Waals surface area (Å²) in [5.41, 5.74) is -0.845. The number of thiazole rings is 1. The van der Waals surface area contributed by atoms with Crippen molar-refractivity contribution in [3.05, 3.63) is 28.5 Å². The minimum atomic E-state index is -2.85. The number of hydrogen-bond donors (Lipinski definition) is 1. The van der Waals surface area contributed by atoms with E-state index in [1.54, 1.807) is 4.90 Å². The molecule has 0 radical (unpaired) electrons. The van der Waals surface area contributed by atoms with Crippen molar-refractivity contribution < 1.29 is 74.9 Å². The summed E-state index contributed by atoms with van der Waals surface area (Å²) in [4.78, 5) is 34.8. The van der Waals surface area contributed by atoms with Gasteiger partial charge in [0, 0.05) is 34.9 Å². The van der Waals surface area contributed by atoms with Gasteiger partial charge in [0.1, 0.15) is 22.5 Å². The smallest absolute Gasteiger partial charge is 0.542 e. The van der Waals surface area contributed by atoms with Gasteiger partial charge < -0.3 is 20.1 Å². The average Bonchev–Trinajstić information content (AvgIpc) is 3.40. The third-order valence-electron chi connectivity index (χ3n) is 5.61. The number of amides is 1. The standard InChI is InChI=1S/C21H24F2N4O3S.K/c1-21(2,3)26-14-8-12(17(22)23)13(9-24-14)16-15(25-18(31-16)20(29)30)19(28)27-10-4-5-11(27)7-6-10;/h8-11,17H,4-7H2,1-3H3,(H,24,26)(H,29,30);/q;+1/p-1. The maximum atomic E-state index is 14.0. The number of carboxylic acid groups (broad SMARTS) is 1. The van der Waals surface area contributed by atoms with Crippen LogP contribution < -0.4 is 61.8 Å². The van der Waals surface area contributed by atoms with Gasteiger partial charge in [-0.05, 0) is 52.5 Å². The quantitative estimate of drug-likeness (QED) is 0.615. The number of nitrogens with one attached hydrogen (secondary N) is 1. The number of anilines is 1. The molecule has 0 aromatic carbocycles. The maximum Gasteiger partial charge on any atom is 1.00 e. The van der Waals surface area contributed by atoms with Gasteiger partial charge in [-0.15, -0.1) is 11.3 Å². The summed E-state index contributed by atoms with van der Waals surface area (Å²) in [6.07, 6.45) is 1.95. The third kappa shape index (κ3) is 5.07. The number of aromatic carboxylic acids is 1. The predicted octanol–water partition coefficient (Wildman–Crippen LogP) is 0.488. The van der Waals surface area contributed by atoms with Crippen LogP contribution in [0.4, 0.5) is 14.6 Å². The molecule has 0 aliphatic carbocycles. The summed E-state index contributed by atoms with van der Waals surface area (Å²) >= 11 is 0.667. The van der Waals surface area contributed by atoms with E-state index in [1.165, 1.54) is 12.3 Å². The van der Waals surface area contributed by atoms with Crippen LogP contribution in [0.3, 0.4) is 0 Å². The Kier molecular flexibility index (Phi) is 7.78. The molecule has 1 amide bonds. The molecule has 0 spiro atoms. The van der Waals surface area contributed by atoms with E-state index in [-0.39, 0.29) is 91.0 Å². The summed E-state index contributed by atoms with van der Waals surface area (Å²) in [5.74, 6) is -1.70. The van der Waals surface area contributed by atoms with Gasteiger partial charge in [-0.25, -0.2) is 18.7 Å². The predicted molar refractivity (Wildman–Crippen MR) is 110 cm³/mol. The molecule has 2 fully saturated rings. The summed E-state index contributed by atoms with van der Waals surface area (Å²) < 4.78 is 27.9. The number of alkyl halides is 2. The molecule has 2 aromatic rings. The van der Waals surface area contributed by atoms with Crippen LogP contribution >= 0.6 is 11.3 Å². The van der Waals surface area contributed by atoms with E-state index in [1.807, 2.05) is 20.8 Å². The number of carbonyl (C=O) groups excluding carboxylic acids is 2. The van der Waals surface area contributed by atoms with E-state index < -0.39 is 28.8 Å². The van der Waals surface area contributed by atoms with Crippen molar-refractivity contribution >= 4 is 29.0 Å². The Labute approximate surface area is 231 Å². The fraction of sp³-hybridized carbons (Fsp3) is 0.524. The van der Waals surface area contributed by atoms with E-state index in [9.17, 15) is 23.5 Å². The van der Waals surface area contributed by atoms with E-state index in [4.69, 9.17) is 0 Å². The van der Waals surface area contributed by atoms with E-state index >= 15 is 0 Å². The van der Waals surface area contributed by atoms with Crippen LogP contribution in [0.2, 0.25) is 0 Å². The second kappa shape index (κ2) is 9.71. The number of rotatable bonds is 5. The first-order valence-electron chi connectivity index (χ1n) is 10.2. The molecular formula is C21H23F2KN4O3S. The SMILES string of the molecule is CC(C)(C)Nc1cc(C(F)F)c(-c2sc(C(=O)[O-])nc2C(=O)N2C3CCC2CC3)cn1.[K+]. The summed E-state index contributed by atoms with van der Waals surface area (Å²) in [7, 11) is 0. The Balaban J connectivity index is 0.00000289. The molecule has 2 aliphatic rings. The zero-order valence-electron chi connectivity index (χ0n) is 18.4. The van der Waals surface area contributed by atoms with Gasteiger partial charge >= 0.3 is 51.4 Å². The number of carboxylic acids is 1. The Hall–Kier alpha value is -0.984. The van der Waals surface area contributed by atoms with Gasteiger partial charge in [-0.3, -0.25) is 4.79 Å². The van der Waals surface area contributed by atoms with Gasteiger partial charge in [0.15, 0.2) is 0 Å². The minimum Gasteiger partial charge on any atom is -0.542 e. The molecule has 0 saturated carbocycles. The zero-order valence-corrected chi connectivity index (χ0v) is 22.4. The maximum absolute atomic E-state index is 14.0. The van der Waals surface area contributed by atoms with E-state index in [0.29, 0.717) is 11.3 Å². The van der Waals surface area contributed by atoms with Gasteiger partial charge in [0.2, 0.25) is 0 Å². The molecule has 32 heavy (non-hydrogen) atoms. The van der Waals surface area contributed by atoms with Crippen LogP contribution in [-0.2, 0) is 0 Å². The molecule has 7 nitrogen and oxygen atoms in total. The number of pyridine rings is 1. The van der Waals surface area contributed by atoms with Crippen LogP contribution in [0.5, 0.6) is 0 Å². The molecular weight excluding hydrogens is 465 g/mol. The Morgan fingerprint density at radius 2 is 1.81 bits per heavy atom. The number of fused-ring (bicyclic) bond motifs is 2. The van der Waals surface area contributed by atoms with Gasteiger partial charge in [0.05, 0.1) is 4.88 Å². The van der Waals surface area contributed by atoms with Crippen LogP contribution in [0, 0.1) is 0 Å². The van der Waals surface area contributed by atoms with Crippen molar-refractivity contribution in [1.82, 2.24) is 14.9 Å². The van der Waals surface area contributed by atoms with E-state index in [0.717, 1.165) is 25.7 Å². The Bertz CT molecular complexity index is 1020. The fourth-order valence-corrected chi connectivity index (χ4v) is 5.32. The van der Waals surface area contributed by atoms with Crippen LogP contribution in [0.25, 0.3) is 10.4 Å². The monoisotopic (exact) mass is 488 g/mol. The summed E-state index contributed by atoms with van der Waals surface area (Å²) in [6, 6.07) is 1.41. The normalized spacial score (nSPS) is 19.9. The van der Waals surface area contributed by atoms with Gasteiger partial charge in [-0.1, -0.05) is 0 Å². The largest absolute Gasteiger partial charge is 1.00 e. The van der Waals surface area contributed by atoms with Crippen molar-refractivity contribution in [3.8, 4) is 10.4 Å². The third-order valence-corrected chi connectivity index (χ3v) is 6.68. The number of aromatic nitrogens is 2. The zero-order chi connectivity index (χ0) is 22.5. The van der Waals surface area contributed by atoms with Crippen molar-refractivity contribution in [2.24, 2.45) is 0 Å². The van der Waals surface area contributed by atoms with Crippen LogP contribution in [0.15, 0.2) is 12.3 Å². The van der Waals surface area contributed by atoms with Crippen molar-refractivity contribution in [2.75, 3.05) is 5.32 Å². The second-order valence-electron chi connectivity index (χ2n) is 8.99. The van der Waals surface area contributed by atoms with E-state index in [2.05, 4.69) is 15.3 Å². The van der Waals surface area contributed by atoms with Crippen molar-refractivity contribution in [3.63, 3.8) is 0 Å².